The van der Waals surface area contributed by atoms with Crippen LogP contribution in [-0.2, 0) is 6.61 Å². The molecule has 0 N–H and O–H groups in total. The first-order valence-electron chi connectivity index (χ1n) is 6.11. The van der Waals surface area contributed by atoms with E-state index in [0.717, 1.165) is 6.07 Å². The Labute approximate surface area is 127 Å². The molecule has 0 amide bonds. The third kappa shape index (κ3) is 2.63. The number of carbonyl (C=O) groups is 1. The number of Topliss-reactive ketones (excluding diaryl/α,β-unsaturated/α-hetero) is 1. The molecule has 21 heavy (non-hydrogen) atoms. The second kappa shape index (κ2) is 5.44. The number of fused-ring (bicyclic) bond motifs is 1. The van der Waals surface area contributed by atoms with E-state index in [1.54, 1.807) is 12.1 Å². The third-order valence-electron chi connectivity index (χ3n) is 3.13. The maximum absolute atomic E-state index is 13.8. The molecule has 1 heterocycles. The predicted molar refractivity (Wildman–Crippen MR) is 74.7 cm³/mol. The molecule has 3 nitrogen and oxygen atoms in total. The summed E-state index contributed by atoms with van der Waals surface area (Å²) in [6, 6.07) is 7.14. The molecule has 0 radical (unpaired) electrons. The van der Waals surface area contributed by atoms with Crippen LogP contribution < -0.4 is 9.47 Å². The topological polar surface area (TPSA) is 35.5 Å². The maximum Gasteiger partial charge on any atom is 0.203 e. The van der Waals surface area contributed by atoms with Gasteiger partial charge in [-0.25, -0.2) is 8.78 Å². The average molecular weight is 355 g/mol. The number of rotatable bonds is 3. The van der Waals surface area contributed by atoms with E-state index in [-0.39, 0.29) is 29.0 Å². The van der Waals surface area contributed by atoms with E-state index in [1.165, 1.54) is 12.1 Å². The lowest BCUT2D eigenvalue weighted by Crippen LogP contribution is -2.02. The van der Waals surface area contributed by atoms with Crippen molar-refractivity contribution in [1.29, 1.82) is 0 Å². The number of ether oxygens (including phenoxy) is 2. The van der Waals surface area contributed by atoms with E-state index in [4.69, 9.17) is 9.47 Å². The Bertz CT molecular complexity index is 731. The first-order chi connectivity index (χ1) is 10.1. The molecular formula is C15H9BrF2O3. The summed E-state index contributed by atoms with van der Waals surface area (Å²) in [4.78, 5) is 11.4. The second-order valence-electron chi connectivity index (χ2n) is 4.48. The molecule has 1 aliphatic rings. The van der Waals surface area contributed by atoms with Gasteiger partial charge in [0.15, 0.2) is 6.61 Å². The van der Waals surface area contributed by atoms with E-state index in [2.05, 4.69) is 15.9 Å². The van der Waals surface area contributed by atoms with Crippen LogP contribution in [0.4, 0.5) is 8.78 Å². The van der Waals surface area contributed by atoms with Gasteiger partial charge in [-0.3, -0.25) is 4.79 Å². The molecule has 0 bridgehead atoms. The van der Waals surface area contributed by atoms with Crippen LogP contribution in [0.5, 0.6) is 11.5 Å². The van der Waals surface area contributed by atoms with Crippen molar-refractivity contribution in [2.45, 2.75) is 6.61 Å². The zero-order valence-electron chi connectivity index (χ0n) is 10.7. The van der Waals surface area contributed by atoms with Crippen molar-refractivity contribution in [3.8, 4) is 11.5 Å². The smallest absolute Gasteiger partial charge is 0.203 e. The van der Waals surface area contributed by atoms with Crippen LogP contribution in [0.1, 0.15) is 15.9 Å². The number of carbonyl (C=O) groups excluding carboxylic acids is 1. The lowest BCUT2D eigenvalue weighted by molar-refractivity contribution is 0.0961. The van der Waals surface area contributed by atoms with Crippen LogP contribution in [0.2, 0.25) is 0 Å². The SMILES string of the molecule is O=C1COc2cc(OCc3c(F)ccc(Br)c3F)ccc21. The zero-order valence-corrected chi connectivity index (χ0v) is 12.2. The lowest BCUT2D eigenvalue weighted by Gasteiger charge is -2.10. The summed E-state index contributed by atoms with van der Waals surface area (Å²) in [6.07, 6.45) is 0. The Morgan fingerprint density at radius 3 is 2.86 bits per heavy atom. The number of hydrogen-bond donors (Lipinski definition) is 0. The summed E-state index contributed by atoms with van der Waals surface area (Å²) in [5.74, 6) is -0.665. The highest BCUT2D eigenvalue weighted by Gasteiger charge is 2.21. The van der Waals surface area contributed by atoms with Gasteiger partial charge in [0.25, 0.3) is 0 Å². The molecule has 0 spiro atoms. The molecule has 0 atom stereocenters. The molecule has 0 unspecified atom stereocenters. The largest absolute Gasteiger partial charge is 0.489 e. The average Bonchev–Trinajstić information content (AvgIpc) is 2.84. The van der Waals surface area contributed by atoms with Crippen LogP contribution in [0, 0.1) is 11.6 Å². The van der Waals surface area contributed by atoms with Gasteiger partial charge in [0, 0.05) is 6.07 Å². The van der Waals surface area contributed by atoms with Crippen LogP contribution in [0.3, 0.4) is 0 Å². The minimum Gasteiger partial charge on any atom is -0.489 e. The van der Waals surface area contributed by atoms with Gasteiger partial charge in [0.2, 0.25) is 5.78 Å². The maximum atomic E-state index is 13.8. The van der Waals surface area contributed by atoms with Crippen molar-refractivity contribution in [1.82, 2.24) is 0 Å². The van der Waals surface area contributed by atoms with Crippen molar-refractivity contribution >= 4 is 21.7 Å². The minimum atomic E-state index is -0.692. The Hall–Kier alpha value is -1.95. The number of halogens is 3. The summed E-state index contributed by atoms with van der Waals surface area (Å²) < 4.78 is 38.1. The summed E-state index contributed by atoms with van der Waals surface area (Å²) in [6.45, 7) is -0.252. The fourth-order valence-corrected chi connectivity index (χ4v) is 2.39. The summed E-state index contributed by atoms with van der Waals surface area (Å²) >= 11 is 3.00. The number of ketones is 1. The lowest BCUT2D eigenvalue weighted by atomic mass is 10.1. The van der Waals surface area contributed by atoms with Gasteiger partial charge >= 0.3 is 0 Å². The molecular weight excluding hydrogens is 346 g/mol. The van der Waals surface area contributed by atoms with Crippen LogP contribution >= 0.6 is 15.9 Å². The monoisotopic (exact) mass is 354 g/mol. The molecule has 2 aromatic carbocycles. The van der Waals surface area contributed by atoms with Crippen LogP contribution in [-0.4, -0.2) is 12.4 Å². The highest BCUT2D eigenvalue weighted by atomic mass is 79.9. The zero-order chi connectivity index (χ0) is 15.0. The Morgan fingerprint density at radius 1 is 1.24 bits per heavy atom. The number of hydrogen-bond acceptors (Lipinski definition) is 3. The predicted octanol–water partition coefficient (Wildman–Crippen LogP) is 3.88. The van der Waals surface area contributed by atoms with Crippen molar-refractivity contribution in [2.24, 2.45) is 0 Å². The molecule has 0 saturated heterocycles. The standard InChI is InChI=1S/C15H9BrF2O3/c16-11-3-4-12(17)10(15(11)18)6-20-8-1-2-9-13(19)7-21-14(9)5-8/h1-5H,6-7H2. The van der Waals surface area contributed by atoms with Gasteiger partial charge in [0.05, 0.1) is 15.6 Å². The molecule has 3 rings (SSSR count). The van der Waals surface area contributed by atoms with E-state index in [1.807, 2.05) is 0 Å². The first kappa shape index (κ1) is 14.0. The number of benzene rings is 2. The van der Waals surface area contributed by atoms with Crippen molar-refractivity contribution in [3.63, 3.8) is 0 Å². The molecule has 2 aromatic rings. The fourth-order valence-electron chi connectivity index (χ4n) is 2.02. The van der Waals surface area contributed by atoms with Gasteiger partial charge in [-0.2, -0.15) is 0 Å². The van der Waals surface area contributed by atoms with Crippen LogP contribution in [0.15, 0.2) is 34.8 Å². The van der Waals surface area contributed by atoms with Crippen LogP contribution in [0.25, 0.3) is 0 Å². The molecule has 6 heteroatoms. The molecule has 0 aliphatic carbocycles. The molecule has 1 aliphatic heterocycles. The van der Waals surface area contributed by atoms with Crippen molar-refractivity contribution in [2.75, 3.05) is 6.61 Å². The Morgan fingerprint density at radius 2 is 2.05 bits per heavy atom. The highest BCUT2D eigenvalue weighted by molar-refractivity contribution is 9.10. The molecule has 0 saturated carbocycles. The summed E-state index contributed by atoms with van der Waals surface area (Å²) in [5, 5.41) is 0. The molecule has 0 aromatic heterocycles. The van der Waals surface area contributed by atoms with Gasteiger partial charge in [-0.1, -0.05) is 0 Å². The van der Waals surface area contributed by atoms with Crippen molar-refractivity contribution in [3.05, 3.63) is 57.6 Å². The molecule has 108 valence electrons. The third-order valence-corrected chi connectivity index (χ3v) is 3.75. The minimum absolute atomic E-state index is 0.00761. The van der Waals surface area contributed by atoms with Gasteiger partial charge in [0.1, 0.15) is 29.7 Å². The summed E-state index contributed by atoms with van der Waals surface area (Å²) in [5.41, 5.74) is 0.323. The Balaban J connectivity index is 1.80. The van der Waals surface area contributed by atoms with E-state index in [0.29, 0.717) is 17.1 Å². The van der Waals surface area contributed by atoms with Gasteiger partial charge in [-0.15, -0.1) is 0 Å². The highest BCUT2D eigenvalue weighted by Crippen LogP contribution is 2.30. The summed E-state index contributed by atoms with van der Waals surface area (Å²) in [7, 11) is 0. The first-order valence-corrected chi connectivity index (χ1v) is 6.91. The molecule has 0 fully saturated rings. The van der Waals surface area contributed by atoms with E-state index in [9.17, 15) is 13.6 Å². The fraction of sp³-hybridized carbons (Fsp3) is 0.133. The van der Waals surface area contributed by atoms with Gasteiger partial charge in [-0.05, 0) is 40.2 Å². The Kier molecular flexibility index (Phi) is 3.63. The van der Waals surface area contributed by atoms with Gasteiger partial charge < -0.3 is 9.47 Å². The van der Waals surface area contributed by atoms with E-state index < -0.39 is 11.6 Å². The van der Waals surface area contributed by atoms with Crippen molar-refractivity contribution < 1.29 is 23.0 Å². The quantitative estimate of drug-likeness (QED) is 0.784. The normalized spacial score (nSPS) is 13.0. The second-order valence-corrected chi connectivity index (χ2v) is 5.33. The van der Waals surface area contributed by atoms with E-state index >= 15 is 0 Å².